The Hall–Kier alpha value is -2.36. The summed E-state index contributed by atoms with van der Waals surface area (Å²) < 4.78 is 5.71. The Labute approximate surface area is 169 Å². The Morgan fingerprint density at radius 2 is 2.07 bits per heavy atom. The van der Waals surface area contributed by atoms with Crippen molar-refractivity contribution in [2.24, 2.45) is 0 Å². The number of allylic oxidation sites excluding steroid dienone is 1. The van der Waals surface area contributed by atoms with Gasteiger partial charge in [0.2, 0.25) is 0 Å². The van der Waals surface area contributed by atoms with Crippen molar-refractivity contribution in [2.45, 2.75) is 71.8 Å². The highest BCUT2D eigenvalue weighted by atomic mass is 16.5. The standard InChI is InChI=1S/C24H33N3O/c1-5-8-13-19(6-2)26-23-16-25-24(21(7-3)27-23)20-14-17-11-9-10-12-18(17)15-22(20)28-4/h9,11,14-16,19H,5-8,10,12-13H2,1-4H3,(H,26,27). The number of methoxy groups -OCH3 is 1. The molecule has 0 saturated heterocycles. The van der Waals surface area contributed by atoms with E-state index in [2.05, 4.69) is 50.4 Å². The highest BCUT2D eigenvalue weighted by Crippen LogP contribution is 2.36. The van der Waals surface area contributed by atoms with Crippen LogP contribution in [-0.2, 0) is 12.8 Å². The summed E-state index contributed by atoms with van der Waals surface area (Å²) in [5, 5.41) is 3.58. The molecule has 1 aliphatic rings. The third-order valence-corrected chi connectivity index (χ3v) is 5.52. The molecule has 1 aliphatic carbocycles. The van der Waals surface area contributed by atoms with Gasteiger partial charge in [-0.1, -0.05) is 45.8 Å². The van der Waals surface area contributed by atoms with E-state index >= 15 is 0 Å². The predicted molar refractivity (Wildman–Crippen MR) is 118 cm³/mol. The fraction of sp³-hybridized carbons (Fsp3) is 0.500. The minimum absolute atomic E-state index is 0.452. The first-order valence-corrected chi connectivity index (χ1v) is 10.7. The summed E-state index contributed by atoms with van der Waals surface area (Å²) in [6, 6.07) is 4.82. The van der Waals surface area contributed by atoms with Crippen molar-refractivity contribution < 1.29 is 4.74 Å². The van der Waals surface area contributed by atoms with Gasteiger partial charge in [-0.3, -0.25) is 4.98 Å². The third-order valence-electron chi connectivity index (χ3n) is 5.52. The molecule has 28 heavy (non-hydrogen) atoms. The fourth-order valence-corrected chi connectivity index (χ4v) is 3.82. The zero-order valence-corrected chi connectivity index (χ0v) is 17.7. The minimum atomic E-state index is 0.452. The van der Waals surface area contributed by atoms with Crippen molar-refractivity contribution in [1.29, 1.82) is 0 Å². The maximum Gasteiger partial charge on any atom is 0.145 e. The largest absolute Gasteiger partial charge is 0.496 e. The highest BCUT2D eigenvalue weighted by Gasteiger charge is 2.18. The smallest absolute Gasteiger partial charge is 0.145 e. The number of hydrogen-bond acceptors (Lipinski definition) is 4. The van der Waals surface area contributed by atoms with Gasteiger partial charge >= 0.3 is 0 Å². The predicted octanol–water partition coefficient (Wildman–Crippen LogP) is 6.05. The molecule has 1 aromatic carbocycles. The van der Waals surface area contributed by atoms with Crippen LogP contribution in [0.5, 0.6) is 5.75 Å². The van der Waals surface area contributed by atoms with Crippen molar-refractivity contribution in [3.63, 3.8) is 0 Å². The van der Waals surface area contributed by atoms with Crippen LogP contribution in [0.4, 0.5) is 5.82 Å². The highest BCUT2D eigenvalue weighted by molar-refractivity contribution is 5.75. The molecule has 4 nitrogen and oxygen atoms in total. The molecule has 2 aromatic rings. The number of fused-ring (bicyclic) bond motifs is 1. The fourth-order valence-electron chi connectivity index (χ4n) is 3.82. The number of nitrogens with one attached hydrogen (secondary N) is 1. The maximum absolute atomic E-state index is 5.71. The summed E-state index contributed by atoms with van der Waals surface area (Å²) in [6.07, 6.45) is 14.0. The number of benzene rings is 1. The van der Waals surface area contributed by atoms with Crippen molar-refractivity contribution in [3.8, 4) is 17.0 Å². The minimum Gasteiger partial charge on any atom is -0.496 e. The van der Waals surface area contributed by atoms with E-state index in [4.69, 9.17) is 14.7 Å². The number of nitrogens with zero attached hydrogens (tertiary/aromatic N) is 2. The molecule has 3 rings (SSSR count). The van der Waals surface area contributed by atoms with Crippen LogP contribution in [0.15, 0.2) is 24.4 Å². The Kier molecular flexibility index (Phi) is 7.07. The molecule has 1 N–H and O–H groups in total. The second kappa shape index (κ2) is 9.72. The summed E-state index contributed by atoms with van der Waals surface area (Å²) in [5.74, 6) is 1.76. The van der Waals surface area contributed by atoms with Crippen LogP contribution in [0.1, 0.15) is 69.7 Å². The number of unbranched alkanes of at least 4 members (excludes halogenated alkanes) is 1. The van der Waals surface area contributed by atoms with E-state index in [9.17, 15) is 0 Å². The van der Waals surface area contributed by atoms with Gasteiger partial charge in [-0.2, -0.15) is 0 Å². The van der Waals surface area contributed by atoms with Crippen molar-refractivity contribution >= 4 is 11.9 Å². The van der Waals surface area contributed by atoms with E-state index in [0.717, 1.165) is 54.2 Å². The van der Waals surface area contributed by atoms with E-state index in [1.54, 1.807) is 7.11 Å². The summed E-state index contributed by atoms with van der Waals surface area (Å²) >= 11 is 0. The molecule has 150 valence electrons. The summed E-state index contributed by atoms with van der Waals surface area (Å²) in [7, 11) is 1.73. The first kappa shape index (κ1) is 20.4. The van der Waals surface area contributed by atoms with Gasteiger partial charge in [0.1, 0.15) is 11.6 Å². The van der Waals surface area contributed by atoms with Crippen molar-refractivity contribution in [1.82, 2.24) is 9.97 Å². The Bertz CT molecular complexity index is 829. The molecule has 0 radical (unpaired) electrons. The van der Waals surface area contributed by atoms with Crippen LogP contribution in [0.25, 0.3) is 17.3 Å². The number of anilines is 1. The lowest BCUT2D eigenvalue weighted by molar-refractivity contribution is 0.415. The quantitative estimate of drug-likeness (QED) is 0.576. The zero-order chi connectivity index (χ0) is 19.9. The average molecular weight is 380 g/mol. The maximum atomic E-state index is 5.71. The molecule has 1 unspecified atom stereocenters. The average Bonchev–Trinajstić information content (AvgIpc) is 2.75. The van der Waals surface area contributed by atoms with Gasteiger partial charge < -0.3 is 10.1 Å². The SMILES string of the molecule is CCCCC(CC)Nc1cnc(-c2cc3c(cc2OC)CCC=C3)c(CC)n1. The summed E-state index contributed by atoms with van der Waals surface area (Å²) in [4.78, 5) is 9.72. The van der Waals surface area contributed by atoms with E-state index in [-0.39, 0.29) is 0 Å². The lowest BCUT2D eigenvalue weighted by Crippen LogP contribution is -2.19. The number of aromatic nitrogens is 2. The molecule has 1 heterocycles. The van der Waals surface area contributed by atoms with Gasteiger partial charge in [0, 0.05) is 11.6 Å². The van der Waals surface area contributed by atoms with Gasteiger partial charge in [-0.25, -0.2) is 4.98 Å². The first-order valence-electron chi connectivity index (χ1n) is 10.7. The van der Waals surface area contributed by atoms with Gasteiger partial charge in [0.25, 0.3) is 0 Å². The number of hydrogen-bond donors (Lipinski definition) is 1. The molecule has 0 spiro atoms. The zero-order valence-electron chi connectivity index (χ0n) is 17.7. The summed E-state index contributed by atoms with van der Waals surface area (Å²) in [6.45, 7) is 6.59. The lowest BCUT2D eigenvalue weighted by Gasteiger charge is -2.19. The molecular weight excluding hydrogens is 346 g/mol. The van der Waals surface area contributed by atoms with Gasteiger partial charge in [-0.05, 0) is 55.4 Å². The Morgan fingerprint density at radius 1 is 1.21 bits per heavy atom. The Morgan fingerprint density at radius 3 is 2.79 bits per heavy atom. The Balaban J connectivity index is 1.94. The van der Waals surface area contributed by atoms with Crippen molar-refractivity contribution in [3.05, 3.63) is 41.2 Å². The lowest BCUT2D eigenvalue weighted by atomic mass is 9.93. The van der Waals surface area contributed by atoms with E-state index < -0.39 is 0 Å². The molecule has 0 amide bonds. The van der Waals surface area contributed by atoms with Gasteiger partial charge in [0.15, 0.2) is 0 Å². The number of rotatable bonds is 9. The van der Waals surface area contributed by atoms with E-state index in [1.165, 1.54) is 30.4 Å². The second-order valence-corrected chi connectivity index (χ2v) is 7.49. The molecule has 0 fully saturated rings. The molecule has 0 aliphatic heterocycles. The molecule has 1 aromatic heterocycles. The normalized spacial score (nSPS) is 13.9. The molecule has 1 atom stereocenters. The van der Waals surface area contributed by atoms with Crippen LogP contribution in [-0.4, -0.2) is 23.1 Å². The van der Waals surface area contributed by atoms with Crippen LogP contribution >= 0.6 is 0 Å². The van der Waals surface area contributed by atoms with Crippen LogP contribution in [0.3, 0.4) is 0 Å². The monoisotopic (exact) mass is 379 g/mol. The van der Waals surface area contributed by atoms with Gasteiger partial charge in [0.05, 0.1) is 24.7 Å². The second-order valence-electron chi connectivity index (χ2n) is 7.49. The molecule has 0 bridgehead atoms. The summed E-state index contributed by atoms with van der Waals surface area (Å²) in [5.41, 5.74) is 5.57. The van der Waals surface area contributed by atoms with E-state index in [1.807, 2.05) is 6.20 Å². The molecule has 0 saturated carbocycles. The number of aryl methyl sites for hydroxylation is 2. The third kappa shape index (κ3) is 4.54. The van der Waals surface area contributed by atoms with Crippen LogP contribution in [0.2, 0.25) is 0 Å². The van der Waals surface area contributed by atoms with Crippen LogP contribution < -0.4 is 10.1 Å². The molecule has 4 heteroatoms. The number of ether oxygens (including phenoxy) is 1. The van der Waals surface area contributed by atoms with E-state index in [0.29, 0.717) is 6.04 Å². The van der Waals surface area contributed by atoms with Crippen molar-refractivity contribution in [2.75, 3.05) is 12.4 Å². The first-order chi connectivity index (χ1) is 13.7. The van der Waals surface area contributed by atoms with Gasteiger partial charge in [-0.15, -0.1) is 0 Å². The van der Waals surface area contributed by atoms with Crippen LogP contribution in [0, 0.1) is 0 Å². The molecular formula is C24H33N3O. The topological polar surface area (TPSA) is 47.0 Å².